The Morgan fingerprint density at radius 3 is 2.67 bits per heavy atom. The summed E-state index contributed by atoms with van der Waals surface area (Å²) < 4.78 is 6.15. The van der Waals surface area contributed by atoms with Crippen LogP contribution in [0.2, 0.25) is 0 Å². The van der Waals surface area contributed by atoms with Crippen molar-refractivity contribution in [1.29, 1.82) is 0 Å². The van der Waals surface area contributed by atoms with Crippen LogP contribution in [-0.4, -0.2) is 22.9 Å². The van der Waals surface area contributed by atoms with E-state index in [4.69, 9.17) is 5.73 Å². The minimum absolute atomic E-state index is 0. The van der Waals surface area contributed by atoms with E-state index in [1.165, 1.54) is 7.11 Å². The molecule has 1 aromatic rings. The van der Waals surface area contributed by atoms with E-state index in [1.54, 1.807) is 24.1 Å². The number of methoxy groups -OCH3 is 1. The Morgan fingerprint density at radius 2 is 2.27 bits per heavy atom. The highest BCUT2D eigenvalue weighted by atomic mass is 35.5. The number of hydrogen-bond acceptors (Lipinski definition) is 4. The number of carbonyl (C=O) groups excluding carboxylic acids is 1. The summed E-state index contributed by atoms with van der Waals surface area (Å²) in [5.74, 6) is -0.309. The monoisotopic (exact) mass is 255 g/mol. The van der Waals surface area contributed by atoms with Crippen LogP contribution in [0.5, 0.6) is 0 Å². The van der Waals surface area contributed by atoms with Gasteiger partial charge in [-0.3, -0.25) is 9.48 Å². The minimum atomic E-state index is -0.332. The second-order valence-electron chi connectivity index (χ2n) is 2.83. The third kappa shape index (κ3) is 5.01. The average Bonchev–Trinajstić information content (AvgIpc) is 2.51. The molecule has 0 bridgehead atoms. The molecule has 0 aliphatic carbocycles. The highest BCUT2D eigenvalue weighted by Crippen LogP contribution is 2.12. The van der Waals surface area contributed by atoms with Crippen LogP contribution in [-0.2, 0) is 16.6 Å². The number of hydrogen-bond donors (Lipinski definition) is 1. The molecule has 88 valence electrons. The average molecular weight is 256 g/mol. The van der Waals surface area contributed by atoms with Crippen LogP contribution in [0.3, 0.4) is 0 Å². The highest BCUT2D eigenvalue weighted by molar-refractivity contribution is 5.85. The third-order valence-corrected chi connectivity index (χ3v) is 1.77. The zero-order chi connectivity index (χ0) is 9.84. The number of aromatic nitrogens is 2. The summed E-state index contributed by atoms with van der Waals surface area (Å²) in [6.07, 6.45) is 3.61. The lowest BCUT2D eigenvalue weighted by molar-refractivity contribution is -0.141. The predicted molar refractivity (Wildman–Crippen MR) is 61.3 cm³/mol. The van der Waals surface area contributed by atoms with Crippen molar-refractivity contribution in [2.45, 2.75) is 12.5 Å². The summed E-state index contributed by atoms with van der Waals surface area (Å²) >= 11 is 0. The van der Waals surface area contributed by atoms with Gasteiger partial charge < -0.3 is 10.5 Å². The number of nitrogens with zero attached hydrogens (tertiary/aromatic N) is 2. The molecule has 0 aliphatic rings. The van der Waals surface area contributed by atoms with Crippen molar-refractivity contribution in [3.63, 3.8) is 0 Å². The molecule has 5 nitrogen and oxygen atoms in total. The lowest BCUT2D eigenvalue weighted by Gasteiger charge is -2.06. The Bertz CT molecular complexity index is 304. The van der Waals surface area contributed by atoms with Crippen molar-refractivity contribution in [1.82, 2.24) is 9.78 Å². The van der Waals surface area contributed by atoms with Gasteiger partial charge >= 0.3 is 5.97 Å². The molecule has 1 aromatic heterocycles. The lowest BCUT2D eigenvalue weighted by atomic mass is 10.1. The molecule has 0 fully saturated rings. The van der Waals surface area contributed by atoms with Crippen molar-refractivity contribution in [3.05, 3.63) is 18.0 Å². The number of carbonyl (C=O) groups is 1. The molecule has 0 aromatic carbocycles. The van der Waals surface area contributed by atoms with Crippen LogP contribution in [0, 0.1) is 0 Å². The second-order valence-corrected chi connectivity index (χ2v) is 2.83. The topological polar surface area (TPSA) is 70.1 Å². The molecule has 1 unspecified atom stereocenters. The standard InChI is InChI=1S/C8H13N3O2.2ClH/c1-11-5-6(4-10-11)7(9)3-8(12)13-2;;/h4-5,7H,3,9H2,1-2H3;2*1H. The molecular formula is C8H15Cl2N3O2. The second kappa shape index (κ2) is 7.50. The van der Waals surface area contributed by atoms with Crippen molar-refractivity contribution in [2.75, 3.05) is 7.11 Å². The molecular weight excluding hydrogens is 241 g/mol. The van der Waals surface area contributed by atoms with Crippen LogP contribution in [0.1, 0.15) is 18.0 Å². The van der Waals surface area contributed by atoms with E-state index < -0.39 is 0 Å². The zero-order valence-corrected chi connectivity index (χ0v) is 10.2. The normalized spacial score (nSPS) is 10.9. The maximum absolute atomic E-state index is 10.9. The van der Waals surface area contributed by atoms with E-state index in [-0.39, 0.29) is 43.2 Å². The summed E-state index contributed by atoms with van der Waals surface area (Å²) in [6, 6.07) is -0.332. The number of ether oxygens (including phenoxy) is 1. The molecule has 7 heteroatoms. The van der Waals surface area contributed by atoms with Crippen molar-refractivity contribution < 1.29 is 9.53 Å². The van der Waals surface area contributed by atoms with Crippen molar-refractivity contribution in [3.8, 4) is 0 Å². The van der Waals surface area contributed by atoms with E-state index >= 15 is 0 Å². The molecule has 0 aliphatic heterocycles. The highest BCUT2D eigenvalue weighted by Gasteiger charge is 2.12. The lowest BCUT2D eigenvalue weighted by Crippen LogP contribution is -2.15. The Hall–Kier alpha value is -0.780. The molecule has 0 spiro atoms. The number of aryl methyl sites for hydroxylation is 1. The smallest absolute Gasteiger partial charge is 0.307 e. The predicted octanol–water partition coefficient (Wildman–Crippen LogP) is 0.827. The minimum Gasteiger partial charge on any atom is -0.469 e. The van der Waals surface area contributed by atoms with E-state index in [9.17, 15) is 4.79 Å². The van der Waals surface area contributed by atoms with Gasteiger partial charge in [-0.2, -0.15) is 5.10 Å². The van der Waals surface area contributed by atoms with Crippen LogP contribution in [0.25, 0.3) is 0 Å². The van der Waals surface area contributed by atoms with Gasteiger partial charge in [-0.1, -0.05) is 0 Å². The van der Waals surface area contributed by atoms with Crippen molar-refractivity contribution in [2.24, 2.45) is 12.8 Å². The van der Waals surface area contributed by atoms with Gasteiger partial charge in [0, 0.05) is 24.8 Å². The molecule has 0 saturated carbocycles. The van der Waals surface area contributed by atoms with Crippen molar-refractivity contribution >= 4 is 30.8 Å². The number of esters is 1. The molecule has 0 amide bonds. The maximum atomic E-state index is 10.9. The van der Waals surface area contributed by atoms with E-state index in [1.807, 2.05) is 0 Å². The van der Waals surface area contributed by atoms with Gasteiger partial charge in [0.25, 0.3) is 0 Å². The first-order valence-corrected chi connectivity index (χ1v) is 3.94. The molecule has 1 atom stereocenters. The SMILES string of the molecule is COC(=O)CC(N)c1cnn(C)c1.Cl.Cl. The van der Waals surface area contributed by atoms with Gasteiger partial charge in [0.15, 0.2) is 0 Å². The molecule has 1 rings (SSSR count). The van der Waals surface area contributed by atoms with Gasteiger partial charge in [0.2, 0.25) is 0 Å². The Balaban J connectivity index is 0. The molecule has 0 radical (unpaired) electrons. The summed E-state index contributed by atoms with van der Waals surface area (Å²) in [5.41, 5.74) is 6.57. The molecule has 15 heavy (non-hydrogen) atoms. The quantitative estimate of drug-likeness (QED) is 0.813. The first-order chi connectivity index (χ1) is 6.13. The summed E-state index contributed by atoms with van der Waals surface area (Å²) in [4.78, 5) is 10.9. The summed E-state index contributed by atoms with van der Waals surface area (Å²) in [6.45, 7) is 0. The third-order valence-electron chi connectivity index (χ3n) is 1.77. The van der Waals surface area contributed by atoms with Crippen LogP contribution >= 0.6 is 24.8 Å². The number of rotatable bonds is 3. The van der Waals surface area contributed by atoms with Gasteiger partial charge in [0.1, 0.15) is 0 Å². The molecule has 0 saturated heterocycles. The Morgan fingerprint density at radius 1 is 1.67 bits per heavy atom. The van der Waals surface area contributed by atoms with Gasteiger partial charge in [-0.05, 0) is 0 Å². The fourth-order valence-electron chi connectivity index (χ4n) is 1.01. The fourth-order valence-corrected chi connectivity index (χ4v) is 1.01. The van der Waals surface area contributed by atoms with E-state index in [0.717, 1.165) is 5.56 Å². The van der Waals surface area contributed by atoms with Crippen LogP contribution in [0.4, 0.5) is 0 Å². The van der Waals surface area contributed by atoms with E-state index in [0.29, 0.717) is 0 Å². The number of nitrogens with two attached hydrogens (primary N) is 1. The fraction of sp³-hybridized carbons (Fsp3) is 0.500. The summed E-state index contributed by atoms with van der Waals surface area (Å²) in [5, 5.41) is 3.96. The summed E-state index contributed by atoms with van der Waals surface area (Å²) in [7, 11) is 3.15. The first kappa shape index (κ1) is 16.6. The van der Waals surface area contributed by atoms with Gasteiger partial charge in [-0.25, -0.2) is 0 Å². The largest absolute Gasteiger partial charge is 0.469 e. The maximum Gasteiger partial charge on any atom is 0.307 e. The van der Waals surface area contributed by atoms with Crippen LogP contribution < -0.4 is 5.73 Å². The molecule has 2 N–H and O–H groups in total. The Kier molecular flexibility index (Phi) is 8.33. The van der Waals surface area contributed by atoms with Gasteiger partial charge in [0.05, 0.1) is 19.7 Å². The molecule has 1 heterocycles. The number of halogens is 2. The first-order valence-electron chi connectivity index (χ1n) is 3.94. The van der Waals surface area contributed by atoms with Crippen LogP contribution in [0.15, 0.2) is 12.4 Å². The van der Waals surface area contributed by atoms with Gasteiger partial charge in [-0.15, -0.1) is 24.8 Å². The zero-order valence-electron chi connectivity index (χ0n) is 8.54. The Labute approximate surface area is 101 Å². The van der Waals surface area contributed by atoms with E-state index in [2.05, 4.69) is 9.84 Å².